The van der Waals surface area contributed by atoms with Crippen molar-refractivity contribution in [2.75, 3.05) is 0 Å². The van der Waals surface area contributed by atoms with Gasteiger partial charge in [-0.05, 0) is 0 Å². The molecule has 0 fully saturated rings. The maximum absolute atomic E-state index is 10.9. The van der Waals surface area contributed by atoms with Gasteiger partial charge in [0.1, 0.15) is 11.3 Å². The molecule has 0 saturated heterocycles. The lowest BCUT2D eigenvalue weighted by atomic mass is 10.1. The second kappa shape index (κ2) is 3.23. The summed E-state index contributed by atoms with van der Waals surface area (Å²) in [5.41, 5.74) is 1.33. The number of aromatic carboxylic acids is 1. The molecule has 0 radical (unpaired) electrons. The molecule has 1 N–H and O–H groups in total. The van der Waals surface area contributed by atoms with Gasteiger partial charge in [-0.25, -0.2) is 4.79 Å². The highest BCUT2D eigenvalue weighted by Crippen LogP contribution is 2.20. The summed E-state index contributed by atoms with van der Waals surface area (Å²) >= 11 is 0. The van der Waals surface area contributed by atoms with Crippen LogP contribution in [0.25, 0.3) is 11.3 Å². The molecule has 0 aromatic carbocycles. The van der Waals surface area contributed by atoms with Crippen LogP contribution in [0, 0.1) is 0 Å². The molecule has 0 aliphatic carbocycles. The zero-order valence-corrected chi connectivity index (χ0v) is 8.38. The van der Waals surface area contributed by atoms with E-state index in [4.69, 9.17) is 5.11 Å². The maximum Gasteiger partial charge on any atom is 0.339 e. The fraction of sp³-hybridized carbons (Fsp3) is 0.222. The highest BCUT2D eigenvalue weighted by molar-refractivity contribution is 5.94. The first-order chi connectivity index (χ1) is 7.08. The van der Waals surface area contributed by atoms with Crippen LogP contribution < -0.4 is 0 Å². The van der Waals surface area contributed by atoms with Crippen LogP contribution in [-0.2, 0) is 14.1 Å². The third-order valence-corrected chi connectivity index (χ3v) is 2.04. The Morgan fingerprint density at radius 2 is 2.07 bits per heavy atom. The van der Waals surface area contributed by atoms with Crippen molar-refractivity contribution in [3.63, 3.8) is 0 Å². The molecule has 0 amide bonds. The van der Waals surface area contributed by atoms with Gasteiger partial charge in [0.25, 0.3) is 0 Å². The number of carboxylic acid groups (broad SMARTS) is 1. The first-order valence-corrected chi connectivity index (χ1v) is 4.34. The number of aryl methyl sites for hydroxylation is 2. The Morgan fingerprint density at radius 1 is 1.33 bits per heavy atom. The second-order valence-electron chi connectivity index (χ2n) is 3.27. The van der Waals surface area contributed by atoms with Gasteiger partial charge in [0.05, 0.1) is 6.20 Å². The molecular weight excluding hydrogens is 196 g/mol. The number of nitrogens with zero attached hydrogens (tertiary/aromatic N) is 4. The van der Waals surface area contributed by atoms with Gasteiger partial charge in [-0.1, -0.05) is 0 Å². The monoisotopic (exact) mass is 206 g/mol. The van der Waals surface area contributed by atoms with Crippen LogP contribution in [0.2, 0.25) is 0 Å². The average Bonchev–Trinajstić information content (AvgIpc) is 2.71. The number of aromatic nitrogens is 4. The molecule has 2 aromatic rings. The zero-order valence-electron chi connectivity index (χ0n) is 8.38. The predicted octanol–water partition coefficient (Wildman–Crippen LogP) is 0.519. The number of hydrogen-bond acceptors (Lipinski definition) is 3. The third-order valence-electron chi connectivity index (χ3n) is 2.04. The molecule has 2 rings (SSSR count). The molecule has 78 valence electrons. The molecule has 0 aliphatic heterocycles. The standard InChI is InChI=1S/C9H10N4O2/c1-12-4-6(3-10-12)8-7(9(14)15)5-13(2)11-8/h3-5H,1-2H3,(H,14,15). The van der Waals surface area contributed by atoms with Gasteiger partial charge in [-0.2, -0.15) is 10.2 Å². The highest BCUT2D eigenvalue weighted by Gasteiger charge is 2.16. The van der Waals surface area contributed by atoms with E-state index in [9.17, 15) is 4.79 Å². The van der Waals surface area contributed by atoms with E-state index in [1.54, 1.807) is 31.2 Å². The molecule has 15 heavy (non-hydrogen) atoms. The topological polar surface area (TPSA) is 72.9 Å². The molecule has 6 heteroatoms. The molecule has 0 atom stereocenters. The Morgan fingerprint density at radius 3 is 2.60 bits per heavy atom. The van der Waals surface area contributed by atoms with Crippen molar-refractivity contribution in [2.24, 2.45) is 14.1 Å². The van der Waals surface area contributed by atoms with Crippen molar-refractivity contribution in [2.45, 2.75) is 0 Å². The Bertz CT molecular complexity index is 512. The Kier molecular flexibility index (Phi) is 2.03. The molecule has 0 bridgehead atoms. The van der Waals surface area contributed by atoms with E-state index in [0.29, 0.717) is 11.3 Å². The van der Waals surface area contributed by atoms with E-state index in [0.717, 1.165) is 0 Å². The zero-order chi connectivity index (χ0) is 11.0. The quantitative estimate of drug-likeness (QED) is 0.777. The summed E-state index contributed by atoms with van der Waals surface area (Å²) in [5.74, 6) is -0.984. The second-order valence-corrected chi connectivity index (χ2v) is 3.27. The minimum absolute atomic E-state index is 0.186. The summed E-state index contributed by atoms with van der Waals surface area (Å²) < 4.78 is 3.08. The van der Waals surface area contributed by atoms with Crippen LogP contribution in [0.4, 0.5) is 0 Å². The van der Waals surface area contributed by atoms with Crippen molar-refractivity contribution < 1.29 is 9.90 Å². The van der Waals surface area contributed by atoms with Crippen molar-refractivity contribution in [1.82, 2.24) is 19.6 Å². The van der Waals surface area contributed by atoms with Crippen molar-refractivity contribution in [3.8, 4) is 11.3 Å². The number of rotatable bonds is 2. The molecular formula is C9H10N4O2. The lowest BCUT2D eigenvalue weighted by Crippen LogP contribution is -1.96. The SMILES string of the molecule is Cn1cc(-c2nn(C)cc2C(=O)O)cn1. The van der Waals surface area contributed by atoms with Crippen LogP contribution in [0.3, 0.4) is 0 Å². The van der Waals surface area contributed by atoms with Crippen molar-refractivity contribution in [3.05, 3.63) is 24.2 Å². The molecule has 2 aromatic heterocycles. The molecule has 6 nitrogen and oxygen atoms in total. The lowest BCUT2D eigenvalue weighted by Gasteiger charge is -1.92. The molecule has 2 heterocycles. The van der Waals surface area contributed by atoms with Crippen LogP contribution in [0.5, 0.6) is 0 Å². The van der Waals surface area contributed by atoms with Gasteiger partial charge >= 0.3 is 5.97 Å². The number of carboxylic acids is 1. The first kappa shape index (κ1) is 9.45. The van der Waals surface area contributed by atoms with E-state index in [2.05, 4.69) is 10.2 Å². The summed E-state index contributed by atoms with van der Waals surface area (Å²) in [6.45, 7) is 0. The third kappa shape index (κ3) is 1.61. The summed E-state index contributed by atoms with van der Waals surface area (Å²) in [4.78, 5) is 10.9. The van der Waals surface area contributed by atoms with Crippen LogP contribution in [-0.4, -0.2) is 30.6 Å². The van der Waals surface area contributed by atoms with E-state index in [1.165, 1.54) is 10.9 Å². The Hall–Kier alpha value is -2.11. The van der Waals surface area contributed by atoms with Crippen molar-refractivity contribution >= 4 is 5.97 Å². The highest BCUT2D eigenvalue weighted by atomic mass is 16.4. The van der Waals surface area contributed by atoms with Crippen LogP contribution in [0.15, 0.2) is 18.6 Å². The molecule has 0 aliphatic rings. The van der Waals surface area contributed by atoms with Crippen molar-refractivity contribution in [1.29, 1.82) is 0 Å². The van der Waals surface area contributed by atoms with E-state index < -0.39 is 5.97 Å². The number of hydrogen-bond donors (Lipinski definition) is 1. The summed E-state index contributed by atoms with van der Waals surface area (Å²) in [6, 6.07) is 0. The van der Waals surface area contributed by atoms with Crippen LogP contribution >= 0.6 is 0 Å². The molecule has 0 unspecified atom stereocenters. The van der Waals surface area contributed by atoms with Gasteiger partial charge in [0.2, 0.25) is 0 Å². The Labute approximate surface area is 85.8 Å². The first-order valence-electron chi connectivity index (χ1n) is 4.34. The van der Waals surface area contributed by atoms with Gasteiger partial charge in [-0.15, -0.1) is 0 Å². The average molecular weight is 206 g/mol. The predicted molar refractivity (Wildman–Crippen MR) is 52.4 cm³/mol. The normalized spacial score (nSPS) is 10.5. The summed E-state index contributed by atoms with van der Waals surface area (Å²) in [7, 11) is 3.46. The van der Waals surface area contributed by atoms with E-state index >= 15 is 0 Å². The van der Waals surface area contributed by atoms with Gasteiger partial charge in [-0.3, -0.25) is 9.36 Å². The van der Waals surface area contributed by atoms with E-state index in [-0.39, 0.29) is 5.56 Å². The van der Waals surface area contributed by atoms with Gasteiger partial charge < -0.3 is 5.11 Å². The van der Waals surface area contributed by atoms with Crippen LogP contribution in [0.1, 0.15) is 10.4 Å². The van der Waals surface area contributed by atoms with E-state index in [1.807, 2.05) is 0 Å². The summed E-state index contributed by atoms with van der Waals surface area (Å²) in [6.07, 6.45) is 4.80. The minimum atomic E-state index is -0.984. The maximum atomic E-state index is 10.9. The number of carbonyl (C=O) groups is 1. The lowest BCUT2D eigenvalue weighted by molar-refractivity contribution is 0.0697. The van der Waals surface area contributed by atoms with Gasteiger partial charge in [0.15, 0.2) is 0 Å². The fourth-order valence-corrected chi connectivity index (χ4v) is 1.40. The smallest absolute Gasteiger partial charge is 0.339 e. The Balaban J connectivity index is 2.56. The molecule has 0 spiro atoms. The van der Waals surface area contributed by atoms with Gasteiger partial charge in [0, 0.05) is 32.1 Å². The molecule has 0 saturated carbocycles. The largest absolute Gasteiger partial charge is 0.478 e. The summed E-state index contributed by atoms with van der Waals surface area (Å²) in [5, 5.41) is 17.0. The fourth-order valence-electron chi connectivity index (χ4n) is 1.40. The minimum Gasteiger partial charge on any atom is -0.478 e.